The quantitative estimate of drug-likeness (QED) is 0.234. The lowest BCUT2D eigenvalue weighted by Gasteiger charge is -2.36. The Kier molecular flexibility index (Phi) is 7.53. The number of nitrogens with one attached hydrogen (secondary N) is 1. The first-order valence-electron chi connectivity index (χ1n) is 12.1. The Morgan fingerprint density at radius 3 is 2.68 bits per heavy atom. The molecule has 1 aliphatic heterocycles. The van der Waals surface area contributed by atoms with Gasteiger partial charge in [0.1, 0.15) is 24.2 Å². The van der Waals surface area contributed by atoms with Crippen LogP contribution in [-0.4, -0.2) is 93.3 Å². The lowest BCUT2D eigenvalue weighted by Crippen LogP contribution is -2.48. The number of aliphatic hydroxyl groups is 2. The molecular weight excluding hydrogens is 502 g/mol. The molecule has 1 aliphatic rings. The molecule has 1 unspecified atom stereocenters. The molecule has 1 aromatic carbocycles. The molecule has 1 fully saturated rings. The fourth-order valence-corrected chi connectivity index (χ4v) is 4.18. The number of hydrogen-bond donors (Lipinski definition) is 4. The van der Waals surface area contributed by atoms with Gasteiger partial charge in [-0.05, 0) is 12.1 Å². The average Bonchev–Trinajstić information content (AvgIpc) is 3.59. The second-order valence-electron chi connectivity index (χ2n) is 8.82. The zero-order valence-corrected chi connectivity index (χ0v) is 20.4. The van der Waals surface area contributed by atoms with E-state index < -0.39 is 24.3 Å². The molecule has 0 radical (unpaired) electrons. The van der Waals surface area contributed by atoms with E-state index in [0.717, 1.165) is 6.07 Å². The highest BCUT2D eigenvalue weighted by molar-refractivity contribution is 5.61. The van der Waals surface area contributed by atoms with Crippen LogP contribution in [0.2, 0.25) is 0 Å². The molecule has 0 spiro atoms. The van der Waals surface area contributed by atoms with Crippen molar-refractivity contribution in [3.8, 4) is 17.2 Å². The first-order valence-corrected chi connectivity index (χ1v) is 12.1. The molecule has 4 aromatic rings. The maximum atomic E-state index is 14.5. The number of fused-ring (bicyclic) bond motifs is 1. The summed E-state index contributed by atoms with van der Waals surface area (Å²) in [6, 6.07) is 7.40. The predicted molar refractivity (Wildman–Crippen MR) is 135 cm³/mol. The van der Waals surface area contributed by atoms with Gasteiger partial charge in [0.25, 0.3) is 0 Å². The number of anilines is 3. The topological polar surface area (TPSA) is 150 Å². The fraction of sp³-hybridized carbons (Fsp3) is 0.375. The third-order valence-electron chi connectivity index (χ3n) is 6.19. The molecule has 14 heteroatoms. The lowest BCUT2D eigenvalue weighted by molar-refractivity contribution is 0.0523. The second kappa shape index (κ2) is 11.2. The average molecular weight is 531 g/mol. The summed E-state index contributed by atoms with van der Waals surface area (Å²) in [6.45, 7) is 2.82. The monoisotopic (exact) mass is 530 g/mol. The minimum Gasteiger partial charge on any atom is -0.488 e. The van der Waals surface area contributed by atoms with Crippen LogP contribution in [0.25, 0.3) is 17.1 Å². The van der Waals surface area contributed by atoms with E-state index in [0.29, 0.717) is 62.3 Å². The van der Waals surface area contributed by atoms with Crippen molar-refractivity contribution < 1.29 is 28.1 Å². The second-order valence-corrected chi connectivity index (χ2v) is 8.82. The first-order chi connectivity index (χ1) is 18.4. The number of nitrogens with zero attached hydrogens (tertiary/aromatic N) is 6. The summed E-state index contributed by atoms with van der Waals surface area (Å²) < 4.78 is 40.7. The molecule has 0 bridgehead atoms. The highest BCUT2D eigenvalue weighted by atomic mass is 19.1. The van der Waals surface area contributed by atoms with Crippen molar-refractivity contribution in [2.24, 2.45) is 0 Å². The minimum absolute atomic E-state index is 0.175. The molecule has 0 saturated carbocycles. The third kappa shape index (κ3) is 5.61. The Labute approximate surface area is 216 Å². The van der Waals surface area contributed by atoms with Gasteiger partial charge in [-0.1, -0.05) is 0 Å². The highest BCUT2D eigenvalue weighted by Gasteiger charge is 2.22. The molecular formula is C24H28F2N8O4. The van der Waals surface area contributed by atoms with E-state index in [-0.39, 0.29) is 24.0 Å². The molecule has 0 aliphatic carbocycles. The number of hydrogen-bond acceptors (Lipinski definition) is 11. The molecule has 1 atom stereocenters. The zero-order valence-electron chi connectivity index (χ0n) is 20.4. The van der Waals surface area contributed by atoms with Gasteiger partial charge in [-0.2, -0.15) is 19.6 Å². The highest BCUT2D eigenvalue weighted by Crippen LogP contribution is 2.29. The summed E-state index contributed by atoms with van der Waals surface area (Å²) in [5, 5.41) is 25.9. The maximum absolute atomic E-state index is 14.5. The van der Waals surface area contributed by atoms with Crippen molar-refractivity contribution >= 4 is 23.2 Å². The van der Waals surface area contributed by atoms with Crippen LogP contribution in [0.4, 0.5) is 26.4 Å². The van der Waals surface area contributed by atoms with Crippen LogP contribution in [0.5, 0.6) is 5.75 Å². The molecule has 3 aromatic heterocycles. The van der Waals surface area contributed by atoms with Crippen molar-refractivity contribution in [1.82, 2.24) is 24.5 Å². The molecule has 202 valence electrons. The number of nitrogen functional groups attached to an aromatic ring is 1. The number of nitrogens with two attached hydrogens (primary N) is 1. The number of ether oxygens (including phenoxy) is 1. The van der Waals surface area contributed by atoms with Crippen molar-refractivity contribution in [3.63, 3.8) is 0 Å². The van der Waals surface area contributed by atoms with Crippen molar-refractivity contribution in [2.75, 3.05) is 68.4 Å². The van der Waals surface area contributed by atoms with Crippen LogP contribution in [0.15, 0.2) is 41.0 Å². The van der Waals surface area contributed by atoms with Crippen LogP contribution in [-0.2, 0) is 0 Å². The SMILES string of the molecule is Nc1nc(NCCN2CCN(c3cc(OCC(O)CO)c(F)cc3F)CC2)nc2cc(-c3ccco3)nn12. The molecule has 5 N–H and O–H groups in total. The van der Waals surface area contributed by atoms with Crippen molar-refractivity contribution in [3.05, 3.63) is 48.2 Å². The normalized spacial score (nSPS) is 15.2. The molecule has 12 nitrogen and oxygen atoms in total. The summed E-state index contributed by atoms with van der Waals surface area (Å²) in [7, 11) is 0. The summed E-state index contributed by atoms with van der Waals surface area (Å²) in [5.74, 6) is -0.547. The van der Waals surface area contributed by atoms with Gasteiger partial charge in [0, 0.05) is 57.5 Å². The van der Waals surface area contributed by atoms with Crippen molar-refractivity contribution in [1.29, 1.82) is 0 Å². The van der Waals surface area contributed by atoms with Crippen LogP contribution >= 0.6 is 0 Å². The largest absolute Gasteiger partial charge is 0.488 e. The fourth-order valence-electron chi connectivity index (χ4n) is 4.18. The number of rotatable bonds is 10. The van der Waals surface area contributed by atoms with Crippen LogP contribution in [0.1, 0.15) is 0 Å². The van der Waals surface area contributed by atoms with E-state index in [1.165, 1.54) is 10.6 Å². The van der Waals surface area contributed by atoms with E-state index in [9.17, 15) is 13.9 Å². The Morgan fingerprint density at radius 2 is 1.95 bits per heavy atom. The summed E-state index contributed by atoms with van der Waals surface area (Å²) in [4.78, 5) is 12.8. The Hall–Kier alpha value is -4.01. The minimum atomic E-state index is -1.15. The summed E-state index contributed by atoms with van der Waals surface area (Å²) in [6.07, 6.45) is 0.416. The Morgan fingerprint density at radius 1 is 1.13 bits per heavy atom. The molecule has 38 heavy (non-hydrogen) atoms. The number of aliphatic hydroxyl groups excluding tert-OH is 2. The number of piperazine rings is 1. The van der Waals surface area contributed by atoms with E-state index >= 15 is 0 Å². The number of aromatic nitrogens is 4. The maximum Gasteiger partial charge on any atom is 0.228 e. The van der Waals surface area contributed by atoms with Crippen molar-refractivity contribution in [2.45, 2.75) is 6.10 Å². The van der Waals surface area contributed by atoms with E-state index in [1.807, 2.05) is 4.90 Å². The van der Waals surface area contributed by atoms with Gasteiger partial charge >= 0.3 is 0 Å². The molecule has 1 saturated heterocycles. The summed E-state index contributed by atoms with van der Waals surface area (Å²) in [5.41, 5.74) is 7.42. The number of halogens is 2. The first kappa shape index (κ1) is 25.6. The molecule has 5 rings (SSSR count). The standard InChI is InChI=1S/C24H28F2N8O4/c25-16-10-17(26)21(38-14-15(36)13-35)12-19(16)33-7-5-32(6-8-33)4-3-28-24-29-22-11-18(20-2-1-9-37-20)31-34(22)23(27)30-24/h1-2,9-12,15,35-36H,3-8,13-14H2,(H3,27,28,29,30). The number of benzene rings is 1. The van der Waals surface area contributed by atoms with Gasteiger partial charge in [-0.15, -0.1) is 0 Å². The Bertz CT molecular complexity index is 1380. The van der Waals surface area contributed by atoms with Gasteiger partial charge in [0.15, 0.2) is 23.0 Å². The van der Waals surface area contributed by atoms with Gasteiger partial charge in [0.05, 0.1) is 18.6 Å². The van der Waals surface area contributed by atoms with Crippen LogP contribution in [0.3, 0.4) is 0 Å². The van der Waals surface area contributed by atoms with E-state index in [1.54, 1.807) is 24.5 Å². The molecule has 4 heterocycles. The third-order valence-corrected chi connectivity index (χ3v) is 6.19. The van der Waals surface area contributed by atoms with E-state index in [4.69, 9.17) is 20.0 Å². The summed E-state index contributed by atoms with van der Waals surface area (Å²) >= 11 is 0. The molecule has 0 amide bonds. The Balaban J connectivity index is 1.14. The van der Waals surface area contributed by atoms with Gasteiger partial charge in [0.2, 0.25) is 11.9 Å². The van der Waals surface area contributed by atoms with Crippen LogP contribution < -0.4 is 20.7 Å². The zero-order chi connectivity index (χ0) is 26.6. The van der Waals surface area contributed by atoms with Gasteiger partial charge in [-0.3, -0.25) is 4.90 Å². The smallest absolute Gasteiger partial charge is 0.228 e. The van der Waals surface area contributed by atoms with Crippen LogP contribution in [0, 0.1) is 11.6 Å². The van der Waals surface area contributed by atoms with Gasteiger partial charge < -0.3 is 35.3 Å². The number of furan rings is 1. The van der Waals surface area contributed by atoms with Gasteiger partial charge in [-0.25, -0.2) is 8.78 Å². The predicted octanol–water partition coefficient (Wildman–Crippen LogP) is 1.21. The van der Waals surface area contributed by atoms with E-state index in [2.05, 4.69) is 25.3 Å². The lowest BCUT2D eigenvalue weighted by atomic mass is 10.2.